The maximum atomic E-state index is 11.5. The standard InChI is InChI=1S/C13H15NO4/c1-18-11-5-3-2-4-9(11)6-7-14-8-10(12(14)15)13(16)17/h2-5,10H,6-8H2,1H3,(H,16,17). The molecule has 18 heavy (non-hydrogen) atoms. The van der Waals surface area contributed by atoms with Gasteiger partial charge in [-0.2, -0.15) is 0 Å². The molecule has 5 nitrogen and oxygen atoms in total. The van der Waals surface area contributed by atoms with Crippen molar-refractivity contribution >= 4 is 11.9 Å². The van der Waals surface area contributed by atoms with E-state index in [1.165, 1.54) is 0 Å². The highest BCUT2D eigenvalue weighted by molar-refractivity contribution is 6.01. The van der Waals surface area contributed by atoms with Crippen LogP contribution < -0.4 is 4.74 Å². The summed E-state index contributed by atoms with van der Waals surface area (Å²) >= 11 is 0. The summed E-state index contributed by atoms with van der Waals surface area (Å²) in [6.07, 6.45) is 0.669. The molecule has 0 spiro atoms. The van der Waals surface area contributed by atoms with Gasteiger partial charge in [-0.3, -0.25) is 9.59 Å². The normalized spacial score (nSPS) is 18.4. The molecule has 1 aromatic rings. The molecule has 0 aliphatic carbocycles. The van der Waals surface area contributed by atoms with Gasteiger partial charge in [-0.05, 0) is 18.1 Å². The van der Waals surface area contributed by atoms with E-state index in [2.05, 4.69) is 0 Å². The van der Waals surface area contributed by atoms with Gasteiger partial charge in [-0.25, -0.2) is 0 Å². The van der Waals surface area contributed by atoms with E-state index >= 15 is 0 Å². The zero-order chi connectivity index (χ0) is 13.1. The lowest BCUT2D eigenvalue weighted by Crippen LogP contribution is -2.56. The molecule has 0 aromatic heterocycles. The minimum atomic E-state index is -1.03. The quantitative estimate of drug-likeness (QED) is 0.618. The van der Waals surface area contributed by atoms with Crippen molar-refractivity contribution in [2.75, 3.05) is 20.2 Å². The number of hydrogen-bond donors (Lipinski definition) is 1. The Morgan fingerprint density at radius 2 is 2.22 bits per heavy atom. The van der Waals surface area contributed by atoms with E-state index in [0.29, 0.717) is 19.5 Å². The molecule has 1 N–H and O–H groups in total. The van der Waals surface area contributed by atoms with E-state index in [4.69, 9.17) is 9.84 Å². The van der Waals surface area contributed by atoms with Crippen LogP contribution in [0.2, 0.25) is 0 Å². The van der Waals surface area contributed by atoms with E-state index in [1.54, 1.807) is 12.0 Å². The number of benzene rings is 1. The molecule has 1 unspecified atom stereocenters. The van der Waals surface area contributed by atoms with Crippen LogP contribution in [0.25, 0.3) is 0 Å². The Hall–Kier alpha value is -2.04. The van der Waals surface area contributed by atoms with E-state index < -0.39 is 11.9 Å². The van der Waals surface area contributed by atoms with Gasteiger partial charge in [0.15, 0.2) is 5.92 Å². The Bertz CT molecular complexity index is 472. The summed E-state index contributed by atoms with van der Waals surface area (Å²) in [5.74, 6) is -1.38. The molecule has 0 saturated carbocycles. The van der Waals surface area contributed by atoms with Crippen molar-refractivity contribution in [3.63, 3.8) is 0 Å². The van der Waals surface area contributed by atoms with Crippen molar-refractivity contribution in [1.29, 1.82) is 0 Å². The number of ether oxygens (including phenoxy) is 1. The number of carbonyl (C=O) groups is 2. The molecule has 1 aromatic carbocycles. The fourth-order valence-corrected chi connectivity index (χ4v) is 2.05. The van der Waals surface area contributed by atoms with Crippen LogP contribution in [0.3, 0.4) is 0 Å². The number of aliphatic carboxylic acids is 1. The van der Waals surface area contributed by atoms with Crippen LogP contribution in [-0.4, -0.2) is 42.1 Å². The highest BCUT2D eigenvalue weighted by atomic mass is 16.5. The van der Waals surface area contributed by atoms with Crippen molar-refractivity contribution < 1.29 is 19.4 Å². The first kappa shape index (κ1) is 12.4. The molecule has 1 saturated heterocycles. The SMILES string of the molecule is COc1ccccc1CCN1CC(C(=O)O)C1=O. The van der Waals surface area contributed by atoms with E-state index in [0.717, 1.165) is 11.3 Å². The highest BCUT2D eigenvalue weighted by Gasteiger charge is 2.41. The Balaban J connectivity index is 1.90. The van der Waals surface area contributed by atoms with Crippen LogP contribution >= 0.6 is 0 Å². The number of nitrogens with zero attached hydrogens (tertiary/aromatic N) is 1. The van der Waals surface area contributed by atoms with Crippen molar-refractivity contribution in [3.8, 4) is 5.75 Å². The molecule has 5 heteroatoms. The monoisotopic (exact) mass is 249 g/mol. The number of rotatable bonds is 5. The summed E-state index contributed by atoms with van der Waals surface area (Å²) in [7, 11) is 1.61. The summed E-state index contributed by atoms with van der Waals surface area (Å²) in [5.41, 5.74) is 1.02. The Morgan fingerprint density at radius 1 is 1.50 bits per heavy atom. The predicted octanol–water partition coefficient (Wildman–Crippen LogP) is 0.781. The number of β-lactam (4-membered cyclic amide) rings is 1. The van der Waals surface area contributed by atoms with Gasteiger partial charge in [-0.1, -0.05) is 18.2 Å². The van der Waals surface area contributed by atoms with Gasteiger partial charge >= 0.3 is 5.97 Å². The number of amides is 1. The van der Waals surface area contributed by atoms with E-state index in [-0.39, 0.29) is 5.91 Å². The zero-order valence-electron chi connectivity index (χ0n) is 10.1. The van der Waals surface area contributed by atoms with Crippen LogP contribution in [0.1, 0.15) is 5.56 Å². The van der Waals surface area contributed by atoms with Gasteiger partial charge in [0.05, 0.1) is 7.11 Å². The number of likely N-dealkylation sites (tertiary alicyclic amines) is 1. The third-order valence-corrected chi connectivity index (χ3v) is 3.15. The van der Waals surface area contributed by atoms with E-state index in [1.807, 2.05) is 24.3 Å². The predicted molar refractivity (Wildman–Crippen MR) is 64.4 cm³/mol. The smallest absolute Gasteiger partial charge is 0.317 e. The van der Waals surface area contributed by atoms with Gasteiger partial charge in [0, 0.05) is 13.1 Å². The third kappa shape index (κ3) is 2.30. The lowest BCUT2D eigenvalue weighted by Gasteiger charge is -2.36. The molecule has 1 aliphatic rings. The molecule has 0 bridgehead atoms. The minimum absolute atomic E-state index is 0.294. The fraction of sp³-hybridized carbons (Fsp3) is 0.385. The van der Waals surface area contributed by atoms with Crippen LogP contribution in [0.5, 0.6) is 5.75 Å². The Morgan fingerprint density at radius 3 is 2.83 bits per heavy atom. The lowest BCUT2D eigenvalue weighted by molar-refractivity contribution is -0.162. The van der Waals surface area contributed by atoms with Crippen LogP contribution in [0.15, 0.2) is 24.3 Å². The maximum absolute atomic E-state index is 11.5. The summed E-state index contributed by atoms with van der Waals surface area (Å²) in [6, 6.07) is 7.61. The number of carboxylic acids is 1. The zero-order valence-corrected chi connectivity index (χ0v) is 10.1. The van der Waals surface area contributed by atoms with Crippen molar-refractivity contribution in [2.24, 2.45) is 5.92 Å². The first-order valence-corrected chi connectivity index (χ1v) is 5.77. The molecule has 1 fully saturated rings. The Kier molecular flexibility index (Phi) is 3.50. The average molecular weight is 249 g/mol. The molecule has 1 heterocycles. The molecule has 2 rings (SSSR count). The maximum Gasteiger partial charge on any atom is 0.317 e. The van der Waals surface area contributed by atoms with Gasteiger partial charge in [-0.15, -0.1) is 0 Å². The summed E-state index contributed by atoms with van der Waals surface area (Å²) in [4.78, 5) is 23.7. The number of para-hydroxylation sites is 1. The number of carbonyl (C=O) groups excluding carboxylic acids is 1. The number of carboxylic acid groups (broad SMARTS) is 1. The first-order chi connectivity index (χ1) is 8.63. The van der Waals surface area contributed by atoms with Crippen molar-refractivity contribution in [3.05, 3.63) is 29.8 Å². The molecular weight excluding hydrogens is 234 g/mol. The van der Waals surface area contributed by atoms with Crippen molar-refractivity contribution in [2.45, 2.75) is 6.42 Å². The largest absolute Gasteiger partial charge is 0.496 e. The number of hydrogen-bond acceptors (Lipinski definition) is 3. The summed E-state index contributed by atoms with van der Waals surface area (Å²) < 4.78 is 5.22. The number of methoxy groups -OCH3 is 1. The fourth-order valence-electron chi connectivity index (χ4n) is 2.05. The van der Waals surface area contributed by atoms with E-state index in [9.17, 15) is 9.59 Å². The van der Waals surface area contributed by atoms with Crippen molar-refractivity contribution in [1.82, 2.24) is 4.90 Å². The second kappa shape index (κ2) is 5.08. The first-order valence-electron chi connectivity index (χ1n) is 5.77. The molecule has 0 radical (unpaired) electrons. The van der Waals surface area contributed by atoms with Gasteiger partial charge in [0.2, 0.25) is 5.91 Å². The molecule has 1 aliphatic heterocycles. The molecular formula is C13H15NO4. The lowest BCUT2D eigenvalue weighted by atomic mass is 9.98. The van der Waals surface area contributed by atoms with Crippen LogP contribution in [0.4, 0.5) is 0 Å². The van der Waals surface area contributed by atoms with Crippen LogP contribution in [-0.2, 0) is 16.0 Å². The third-order valence-electron chi connectivity index (χ3n) is 3.15. The van der Waals surface area contributed by atoms with Gasteiger partial charge in [0.25, 0.3) is 0 Å². The molecule has 1 atom stereocenters. The molecule has 1 amide bonds. The summed E-state index contributed by atoms with van der Waals surface area (Å²) in [6.45, 7) is 0.840. The second-order valence-corrected chi connectivity index (χ2v) is 4.24. The summed E-state index contributed by atoms with van der Waals surface area (Å²) in [5, 5.41) is 8.72. The highest BCUT2D eigenvalue weighted by Crippen LogP contribution is 2.21. The Labute approximate surface area is 105 Å². The van der Waals surface area contributed by atoms with Gasteiger partial charge < -0.3 is 14.7 Å². The topological polar surface area (TPSA) is 66.8 Å². The van der Waals surface area contributed by atoms with Crippen LogP contribution in [0, 0.1) is 5.92 Å². The average Bonchev–Trinajstić information content (AvgIpc) is 2.37. The minimum Gasteiger partial charge on any atom is -0.496 e. The molecule has 96 valence electrons. The van der Waals surface area contributed by atoms with Gasteiger partial charge in [0.1, 0.15) is 5.75 Å². The second-order valence-electron chi connectivity index (χ2n) is 4.24.